The van der Waals surface area contributed by atoms with Gasteiger partial charge < -0.3 is 20.2 Å². The largest absolute Gasteiger partial charge is 0.406 e. The van der Waals surface area contributed by atoms with Crippen LogP contribution in [0.25, 0.3) is 0 Å². The van der Waals surface area contributed by atoms with E-state index in [4.69, 9.17) is 10.2 Å². The Morgan fingerprint density at radius 3 is 2.81 bits per heavy atom. The van der Waals surface area contributed by atoms with Crippen LogP contribution in [-0.4, -0.2) is 36.4 Å². The van der Waals surface area contributed by atoms with Crippen LogP contribution >= 0.6 is 0 Å². The zero-order valence-electron chi connectivity index (χ0n) is 8.82. The van der Waals surface area contributed by atoms with Crippen LogP contribution in [0.5, 0.6) is 0 Å². The van der Waals surface area contributed by atoms with E-state index in [1.807, 2.05) is 0 Å². The van der Waals surface area contributed by atoms with Crippen LogP contribution in [-0.2, 0) is 4.74 Å². The zero-order chi connectivity index (χ0) is 12.0. The topological polar surface area (TPSA) is 86.2 Å². The molecule has 0 aliphatic heterocycles. The van der Waals surface area contributed by atoms with Crippen molar-refractivity contribution in [2.75, 3.05) is 25.1 Å². The second kappa shape index (κ2) is 6.33. The zero-order valence-corrected chi connectivity index (χ0v) is 8.82. The molecule has 1 heterocycles. The van der Waals surface area contributed by atoms with Gasteiger partial charge in [-0.15, -0.1) is 5.10 Å². The predicted molar refractivity (Wildman–Crippen MR) is 52.2 cm³/mol. The summed E-state index contributed by atoms with van der Waals surface area (Å²) in [5.41, 5.74) is 5.50. The fourth-order valence-corrected chi connectivity index (χ4v) is 0.893. The number of nitrogens with two attached hydrogens (primary N) is 1. The van der Waals surface area contributed by atoms with Gasteiger partial charge in [-0.3, -0.25) is 0 Å². The smallest absolute Gasteiger partial charge is 0.315 e. The normalized spacial score (nSPS) is 13.1. The minimum absolute atomic E-state index is 0.139. The van der Waals surface area contributed by atoms with E-state index in [9.17, 15) is 8.78 Å². The summed E-state index contributed by atoms with van der Waals surface area (Å²) >= 11 is 0. The molecule has 0 aromatic carbocycles. The maximum absolute atomic E-state index is 11.7. The van der Waals surface area contributed by atoms with E-state index in [1.165, 1.54) is 0 Å². The molecule has 92 valence electrons. The Labute approximate surface area is 91.2 Å². The molecule has 0 saturated carbocycles. The maximum atomic E-state index is 11.7. The molecular formula is C8H14F2N4O2. The van der Waals surface area contributed by atoms with Crippen LogP contribution < -0.4 is 11.1 Å². The first kappa shape index (κ1) is 12.8. The molecule has 16 heavy (non-hydrogen) atoms. The summed E-state index contributed by atoms with van der Waals surface area (Å²) in [4.78, 5) is 0. The Balaban J connectivity index is 2.17. The van der Waals surface area contributed by atoms with E-state index in [0.29, 0.717) is 12.4 Å². The molecule has 0 spiro atoms. The number of anilines is 1. The molecule has 0 aliphatic carbocycles. The highest BCUT2D eigenvalue weighted by Gasteiger charge is 2.09. The monoisotopic (exact) mass is 236 g/mol. The lowest BCUT2D eigenvalue weighted by atomic mass is 10.4. The number of rotatable bonds is 7. The number of nitrogens with zero attached hydrogens (tertiary/aromatic N) is 2. The average molecular weight is 236 g/mol. The third-order valence-corrected chi connectivity index (χ3v) is 1.60. The van der Waals surface area contributed by atoms with Gasteiger partial charge in [-0.25, -0.2) is 8.78 Å². The van der Waals surface area contributed by atoms with Crippen molar-refractivity contribution in [3.63, 3.8) is 0 Å². The van der Waals surface area contributed by atoms with Crippen LogP contribution in [0.3, 0.4) is 0 Å². The molecule has 1 unspecified atom stereocenters. The molecule has 1 aromatic rings. The highest BCUT2D eigenvalue weighted by Crippen LogP contribution is 2.10. The van der Waals surface area contributed by atoms with E-state index in [0.717, 1.165) is 0 Å². The summed E-state index contributed by atoms with van der Waals surface area (Å²) in [6, 6.07) is -0.133. The van der Waals surface area contributed by atoms with Crippen molar-refractivity contribution >= 4 is 6.01 Å². The van der Waals surface area contributed by atoms with Crippen LogP contribution in [0.2, 0.25) is 0 Å². The molecule has 1 rings (SSSR count). The number of hydrogen-bond donors (Lipinski definition) is 2. The number of aromatic nitrogens is 2. The molecule has 8 heteroatoms. The van der Waals surface area contributed by atoms with Crippen molar-refractivity contribution in [3.05, 3.63) is 5.89 Å². The second-order valence-electron chi connectivity index (χ2n) is 3.13. The predicted octanol–water partition coefficient (Wildman–Crippen LogP) is 0.783. The van der Waals surface area contributed by atoms with Gasteiger partial charge in [0.25, 0.3) is 6.43 Å². The van der Waals surface area contributed by atoms with Gasteiger partial charge >= 0.3 is 6.01 Å². The Morgan fingerprint density at radius 2 is 2.25 bits per heavy atom. The number of nitrogens with one attached hydrogen (secondary N) is 1. The quantitative estimate of drug-likeness (QED) is 0.680. The van der Waals surface area contributed by atoms with Crippen LogP contribution in [0.1, 0.15) is 18.9 Å². The Hall–Kier alpha value is -1.28. The Bertz CT molecular complexity index is 306. The summed E-state index contributed by atoms with van der Waals surface area (Å²) < 4.78 is 33.1. The SMILES string of the molecule is CC(N)c1nnc(NCCOCC(F)F)o1. The van der Waals surface area contributed by atoms with Gasteiger partial charge in [-0.05, 0) is 6.92 Å². The van der Waals surface area contributed by atoms with Gasteiger partial charge in [0.05, 0.1) is 12.6 Å². The standard InChI is InChI=1S/C8H14F2N4O2/c1-5(11)7-13-14-8(16-7)12-2-3-15-4-6(9)10/h5-6H,2-4,11H2,1H3,(H,12,14). The minimum Gasteiger partial charge on any atom is -0.406 e. The van der Waals surface area contributed by atoms with E-state index >= 15 is 0 Å². The fraction of sp³-hybridized carbons (Fsp3) is 0.750. The first-order valence-electron chi connectivity index (χ1n) is 4.78. The van der Waals surface area contributed by atoms with Gasteiger partial charge in [0.1, 0.15) is 6.61 Å². The molecule has 1 atom stereocenters. The van der Waals surface area contributed by atoms with Crippen molar-refractivity contribution in [3.8, 4) is 0 Å². The summed E-state index contributed by atoms with van der Waals surface area (Å²) in [5.74, 6) is 0.316. The fourth-order valence-electron chi connectivity index (χ4n) is 0.893. The lowest BCUT2D eigenvalue weighted by Gasteiger charge is -2.03. The Morgan fingerprint density at radius 1 is 1.50 bits per heavy atom. The molecule has 0 fully saturated rings. The van der Waals surface area contributed by atoms with Gasteiger partial charge in [0.15, 0.2) is 0 Å². The van der Waals surface area contributed by atoms with E-state index in [1.54, 1.807) is 6.92 Å². The van der Waals surface area contributed by atoms with E-state index in [2.05, 4.69) is 20.3 Å². The molecular weight excluding hydrogens is 222 g/mol. The number of halogens is 2. The average Bonchev–Trinajstić information content (AvgIpc) is 2.65. The third-order valence-electron chi connectivity index (χ3n) is 1.60. The number of hydrogen-bond acceptors (Lipinski definition) is 6. The van der Waals surface area contributed by atoms with Crippen molar-refractivity contribution in [2.24, 2.45) is 5.73 Å². The first-order chi connectivity index (χ1) is 7.59. The van der Waals surface area contributed by atoms with Gasteiger partial charge in [-0.2, -0.15) is 0 Å². The molecule has 0 bridgehead atoms. The van der Waals surface area contributed by atoms with Gasteiger partial charge in [0.2, 0.25) is 5.89 Å². The number of alkyl halides is 2. The van der Waals surface area contributed by atoms with Crippen LogP contribution in [0.4, 0.5) is 14.8 Å². The van der Waals surface area contributed by atoms with Gasteiger partial charge in [0, 0.05) is 6.54 Å². The maximum Gasteiger partial charge on any atom is 0.315 e. The van der Waals surface area contributed by atoms with Crippen molar-refractivity contribution in [1.29, 1.82) is 0 Å². The number of ether oxygens (including phenoxy) is 1. The summed E-state index contributed by atoms with van der Waals surface area (Å²) in [5, 5.41) is 10.1. The molecule has 0 amide bonds. The summed E-state index contributed by atoms with van der Waals surface area (Å²) in [6.07, 6.45) is -2.45. The molecule has 6 nitrogen and oxygen atoms in total. The van der Waals surface area contributed by atoms with Crippen molar-refractivity contribution in [1.82, 2.24) is 10.2 Å². The van der Waals surface area contributed by atoms with Crippen LogP contribution in [0.15, 0.2) is 4.42 Å². The van der Waals surface area contributed by atoms with Gasteiger partial charge in [-0.1, -0.05) is 5.10 Å². The highest BCUT2D eigenvalue weighted by atomic mass is 19.3. The highest BCUT2D eigenvalue weighted by molar-refractivity contribution is 5.16. The molecule has 1 aromatic heterocycles. The Kier molecular flexibility index (Phi) is 5.06. The van der Waals surface area contributed by atoms with Crippen LogP contribution in [0, 0.1) is 0 Å². The summed E-state index contributed by atoms with van der Waals surface area (Å²) in [7, 11) is 0. The third kappa shape index (κ3) is 4.49. The van der Waals surface area contributed by atoms with E-state index < -0.39 is 13.0 Å². The van der Waals surface area contributed by atoms with E-state index in [-0.39, 0.29) is 18.7 Å². The first-order valence-corrected chi connectivity index (χ1v) is 4.78. The molecule has 0 saturated heterocycles. The summed E-state index contributed by atoms with van der Waals surface area (Å²) in [6.45, 7) is 1.59. The lowest BCUT2D eigenvalue weighted by molar-refractivity contribution is 0.0214. The molecule has 0 radical (unpaired) electrons. The van der Waals surface area contributed by atoms with Crippen molar-refractivity contribution in [2.45, 2.75) is 19.4 Å². The second-order valence-corrected chi connectivity index (χ2v) is 3.13. The minimum atomic E-state index is -2.45. The molecule has 3 N–H and O–H groups in total. The molecule has 0 aliphatic rings. The lowest BCUT2D eigenvalue weighted by Crippen LogP contribution is -2.13. The van der Waals surface area contributed by atoms with Crippen molar-refractivity contribution < 1.29 is 17.9 Å².